The predicted molar refractivity (Wildman–Crippen MR) is 90.7 cm³/mol. The zero-order valence-corrected chi connectivity index (χ0v) is 13.9. The van der Waals surface area contributed by atoms with E-state index in [1.807, 2.05) is 19.1 Å². The van der Waals surface area contributed by atoms with Gasteiger partial charge in [0, 0.05) is 12.4 Å². The number of aryl methyl sites for hydroxylation is 1. The standard InChI is InChI=1S/C17H13FN4O2S/c1-11-4-5-20-16(6-11)17-8-13(10-21-17)25(23,24)22-15-3-2-12(9-19)7-14(15)18/h2-8,10,21-22H,1H3. The number of hydrogen-bond donors (Lipinski definition) is 2. The maximum absolute atomic E-state index is 13.9. The highest BCUT2D eigenvalue weighted by Gasteiger charge is 2.19. The van der Waals surface area contributed by atoms with E-state index in [2.05, 4.69) is 14.7 Å². The van der Waals surface area contributed by atoms with E-state index in [1.165, 1.54) is 24.4 Å². The van der Waals surface area contributed by atoms with Crippen molar-refractivity contribution in [3.8, 4) is 17.5 Å². The van der Waals surface area contributed by atoms with Gasteiger partial charge in [0.1, 0.15) is 10.7 Å². The first-order valence-electron chi connectivity index (χ1n) is 7.23. The number of benzene rings is 1. The second-order valence-electron chi connectivity index (χ2n) is 5.38. The van der Waals surface area contributed by atoms with Gasteiger partial charge in [-0.3, -0.25) is 9.71 Å². The van der Waals surface area contributed by atoms with Crippen LogP contribution in [0.15, 0.2) is 53.7 Å². The summed E-state index contributed by atoms with van der Waals surface area (Å²) in [7, 11) is -3.98. The number of hydrogen-bond acceptors (Lipinski definition) is 4. The molecule has 0 saturated carbocycles. The Morgan fingerprint density at radius 1 is 1.24 bits per heavy atom. The summed E-state index contributed by atoms with van der Waals surface area (Å²) >= 11 is 0. The van der Waals surface area contributed by atoms with Gasteiger partial charge in [0.2, 0.25) is 0 Å². The van der Waals surface area contributed by atoms with Crippen LogP contribution in [0.25, 0.3) is 11.4 Å². The third-order valence-corrected chi connectivity index (χ3v) is 4.85. The van der Waals surface area contributed by atoms with Gasteiger partial charge < -0.3 is 4.98 Å². The molecule has 25 heavy (non-hydrogen) atoms. The molecule has 3 rings (SSSR count). The summed E-state index contributed by atoms with van der Waals surface area (Å²) in [5.74, 6) is -0.821. The summed E-state index contributed by atoms with van der Waals surface area (Å²) in [5.41, 5.74) is 2.00. The molecule has 3 aromatic rings. The van der Waals surface area contributed by atoms with Crippen molar-refractivity contribution in [1.82, 2.24) is 9.97 Å². The number of aromatic amines is 1. The lowest BCUT2D eigenvalue weighted by Gasteiger charge is -2.07. The highest BCUT2D eigenvalue weighted by atomic mass is 32.2. The molecule has 2 heterocycles. The van der Waals surface area contributed by atoms with Gasteiger partial charge in [0.05, 0.1) is 28.7 Å². The minimum Gasteiger partial charge on any atom is -0.359 e. The highest BCUT2D eigenvalue weighted by molar-refractivity contribution is 7.92. The van der Waals surface area contributed by atoms with Crippen molar-refractivity contribution >= 4 is 15.7 Å². The first-order chi connectivity index (χ1) is 11.9. The molecule has 0 aliphatic heterocycles. The monoisotopic (exact) mass is 356 g/mol. The molecule has 0 spiro atoms. The number of anilines is 1. The third kappa shape index (κ3) is 3.51. The van der Waals surface area contributed by atoms with Gasteiger partial charge in [-0.15, -0.1) is 0 Å². The Balaban J connectivity index is 1.90. The van der Waals surface area contributed by atoms with Gasteiger partial charge in [-0.1, -0.05) is 0 Å². The molecule has 2 aromatic heterocycles. The molecule has 1 aromatic carbocycles. The smallest absolute Gasteiger partial charge is 0.263 e. The number of nitrogens with zero attached hydrogens (tertiary/aromatic N) is 2. The summed E-state index contributed by atoms with van der Waals surface area (Å²) < 4.78 is 41.0. The topological polar surface area (TPSA) is 98.6 Å². The molecule has 0 aliphatic carbocycles. The number of H-pyrrole nitrogens is 1. The van der Waals surface area contributed by atoms with Crippen LogP contribution in [0.4, 0.5) is 10.1 Å². The van der Waals surface area contributed by atoms with Gasteiger partial charge in [-0.25, -0.2) is 12.8 Å². The lowest BCUT2D eigenvalue weighted by molar-refractivity contribution is 0.598. The molecular weight excluding hydrogens is 343 g/mol. The molecule has 2 N–H and O–H groups in total. The Morgan fingerprint density at radius 3 is 2.72 bits per heavy atom. The number of nitriles is 1. The van der Waals surface area contributed by atoms with Crippen LogP contribution >= 0.6 is 0 Å². The second kappa shape index (κ2) is 6.37. The molecule has 0 saturated heterocycles. The van der Waals surface area contributed by atoms with Gasteiger partial charge >= 0.3 is 0 Å². The fourth-order valence-corrected chi connectivity index (χ4v) is 3.29. The summed E-state index contributed by atoms with van der Waals surface area (Å²) in [5, 5.41) is 8.73. The molecule has 6 nitrogen and oxygen atoms in total. The SMILES string of the molecule is Cc1ccnc(-c2cc(S(=O)(=O)Nc3ccc(C#N)cc3F)c[nH]2)c1. The molecule has 0 fully saturated rings. The lowest BCUT2D eigenvalue weighted by atomic mass is 10.2. The molecule has 0 aliphatic rings. The van der Waals surface area contributed by atoms with E-state index in [0.29, 0.717) is 11.4 Å². The fraction of sp³-hybridized carbons (Fsp3) is 0.0588. The van der Waals surface area contributed by atoms with Crippen LogP contribution in [0.3, 0.4) is 0 Å². The van der Waals surface area contributed by atoms with Crippen LogP contribution < -0.4 is 4.72 Å². The van der Waals surface area contributed by atoms with E-state index in [1.54, 1.807) is 12.3 Å². The van der Waals surface area contributed by atoms with Crippen molar-refractivity contribution in [1.29, 1.82) is 5.26 Å². The summed E-state index contributed by atoms with van der Waals surface area (Å²) in [4.78, 5) is 6.99. The Hall–Kier alpha value is -3.18. The van der Waals surface area contributed by atoms with Crippen LogP contribution in [0.5, 0.6) is 0 Å². The van der Waals surface area contributed by atoms with Crippen LogP contribution in [0.1, 0.15) is 11.1 Å². The molecule has 0 radical (unpaired) electrons. The zero-order chi connectivity index (χ0) is 18.0. The minimum absolute atomic E-state index is 0.0467. The van der Waals surface area contributed by atoms with E-state index in [0.717, 1.165) is 11.6 Å². The predicted octanol–water partition coefficient (Wildman–Crippen LogP) is 3.20. The number of aromatic nitrogens is 2. The average molecular weight is 356 g/mol. The zero-order valence-electron chi connectivity index (χ0n) is 13.1. The average Bonchev–Trinajstić information content (AvgIpc) is 3.07. The molecule has 0 amide bonds. The van der Waals surface area contributed by atoms with Crippen molar-refractivity contribution in [2.24, 2.45) is 0 Å². The first-order valence-corrected chi connectivity index (χ1v) is 8.71. The Labute approximate surface area is 144 Å². The van der Waals surface area contributed by atoms with Gasteiger partial charge in [-0.05, 0) is 48.9 Å². The lowest BCUT2D eigenvalue weighted by Crippen LogP contribution is -2.13. The minimum atomic E-state index is -3.98. The van der Waals surface area contributed by atoms with Crippen molar-refractivity contribution in [3.05, 3.63) is 65.7 Å². The maximum Gasteiger partial charge on any atom is 0.263 e. The van der Waals surface area contributed by atoms with E-state index >= 15 is 0 Å². The largest absolute Gasteiger partial charge is 0.359 e. The third-order valence-electron chi connectivity index (χ3n) is 3.50. The van der Waals surface area contributed by atoms with E-state index < -0.39 is 15.8 Å². The summed E-state index contributed by atoms with van der Waals surface area (Å²) in [6.07, 6.45) is 2.94. The number of nitrogens with one attached hydrogen (secondary N) is 2. The van der Waals surface area contributed by atoms with Gasteiger partial charge in [-0.2, -0.15) is 5.26 Å². The Kier molecular flexibility index (Phi) is 4.25. The quantitative estimate of drug-likeness (QED) is 0.750. The molecule has 0 bridgehead atoms. The van der Waals surface area contributed by atoms with Crippen LogP contribution in [0.2, 0.25) is 0 Å². The number of halogens is 1. The van der Waals surface area contributed by atoms with Gasteiger partial charge in [0.15, 0.2) is 0 Å². The van der Waals surface area contributed by atoms with Crippen LogP contribution in [-0.2, 0) is 10.0 Å². The number of pyridine rings is 1. The summed E-state index contributed by atoms with van der Waals surface area (Å²) in [6.45, 7) is 1.90. The molecular formula is C17H13FN4O2S. The summed E-state index contributed by atoms with van der Waals surface area (Å²) in [6, 6.07) is 10.4. The van der Waals surface area contributed by atoms with Crippen molar-refractivity contribution < 1.29 is 12.8 Å². The van der Waals surface area contributed by atoms with Crippen molar-refractivity contribution in [2.75, 3.05) is 4.72 Å². The Bertz CT molecular complexity index is 1080. The normalized spacial score (nSPS) is 11.1. The van der Waals surface area contributed by atoms with Crippen molar-refractivity contribution in [3.63, 3.8) is 0 Å². The molecule has 8 heteroatoms. The van der Waals surface area contributed by atoms with Gasteiger partial charge in [0.25, 0.3) is 10.0 Å². The van der Waals surface area contributed by atoms with E-state index in [9.17, 15) is 12.8 Å². The number of rotatable bonds is 4. The Morgan fingerprint density at radius 2 is 2.04 bits per heavy atom. The molecule has 0 atom stereocenters. The fourth-order valence-electron chi connectivity index (χ4n) is 2.23. The van der Waals surface area contributed by atoms with Crippen molar-refractivity contribution in [2.45, 2.75) is 11.8 Å². The second-order valence-corrected chi connectivity index (χ2v) is 7.06. The van der Waals surface area contributed by atoms with Crippen LogP contribution in [0, 0.1) is 24.1 Å². The molecule has 0 unspecified atom stereocenters. The molecule has 126 valence electrons. The maximum atomic E-state index is 13.9. The highest BCUT2D eigenvalue weighted by Crippen LogP contribution is 2.24. The van der Waals surface area contributed by atoms with E-state index in [4.69, 9.17) is 5.26 Å². The van der Waals surface area contributed by atoms with Crippen LogP contribution in [-0.4, -0.2) is 18.4 Å². The number of sulfonamides is 1. The van der Waals surface area contributed by atoms with E-state index in [-0.39, 0.29) is 16.1 Å². The first kappa shape index (κ1) is 16.7.